The quantitative estimate of drug-likeness (QED) is 0.346. The van der Waals surface area contributed by atoms with Crippen LogP contribution in [-0.2, 0) is 16.0 Å². The predicted molar refractivity (Wildman–Crippen MR) is 123 cm³/mol. The summed E-state index contributed by atoms with van der Waals surface area (Å²) in [5.74, 6) is 0. The first-order valence-electron chi connectivity index (χ1n) is 10.2. The molecule has 5 nitrogen and oxygen atoms in total. The van der Waals surface area contributed by atoms with Crippen LogP contribution in [0.25, 0.3) is 0 Å². The largest absolute Gasteiger partial charge is 0.416 e. The fourth-order valence-electron chi connectivity index (χ4n) is 3.71. The lowest BCUT2D eigenvalue weighted by molar-refractivity contribution is -0.137. The molecule has 0 aliphatic heterocycles. The zero-order chi connectivity index (χ0) is 24.3. The first-order valence-corrected chi connectivity index (χ1v) is 12.1. The van der Waals surface area contributed by atoms with E-state index < -0.39 is 27.6 Å². The first kappa shape index (κ1) is 23.4. The van der Waals surface area contributed by atoms with Gasteiger partial charge >= 0.3 is 6.18 Å². The van der Waals surface area contributed by atoms with Crippen molar-refractivity contribution in [3.8, 4) is 0 Å². The number of sulfone groups is 1. The lowest BCUT2D eigenvalue weighted by Crippen LogP contribution is -2.26. The molecule has 2 aromatic heterocycles. The Morgan fingerprint density at radius 2 is 1.35 bits per heavy atom. The standard InChI is InChI=1S/C25H20F3N3O2S/c1-34(32,33)23-11-3-10-22(15-23)31(21-9-2-8-20(14-21)25(26,27)28)24(18-6-4-12-29-16-18)19-7-5-13-30-17-19/h2-17,24H,1H3. The number of hydrogen-bond acceptors (Lipinski definition) is 5. The van der Waals surface area contributed by atoms with E-state index >= 15 is 0 Å². The van der Waals surface area contributed by atoms with Crippen LogP contribution in [0.1, 0.15) is 22.7 Å². The highest BCUT2D eigenvalue weighted by Gasteiger charge is 2.32. The SMILES string of the molecule is CS(=O)(=O)c1cccc(N(c2cccc(C(F)(F)F)c2)C(c2cccnc2)c2cccnc2)c1. The zero-order valence-electron chi connectivity index (χ0n) is 18.0. The van der Waals surface area contributed by atoms with E-state index in [1.165, 1.54) is 18.2 Å². The van der Waals surface area contributed by atoms with Crippen LogP contribution in [0.3, 0.4) is 0 Å². The van der Waals surface area contributed by atoms with Gasteiger partial charge in [-0.15, -0.1) is 0 Å². The van der Waals surface area contributed by atoms with E-state index in [2.05, 4.69) is 9.97 Å². The van der Waals surface area contributed by atoms with Crippen molar-refractivity contribution in [2.45, 2.75) is 17.1 Å². The van der Waals surface area contributed by atoms with Gasteiger partial charge < -0.3 is 4.90 Å². The highest BCUT2D eigenvalue weighted by Crippen LogP contribution is 2.41. The summed E-state index contributed by atoms with van der Waals surface area (Å²) in [4.78, 5) is 10.1. The highest BCUT2D eigenvalue weighted by molar-refractivity contribution is 7.90. The lowest BCUT2D eigenvalue weighted by atomic mass is 9.98. The molecule has 2 heterocycles. The van der Waals surface area contributed by atoms with Crippen LogP contribution < -0.4 is 4.90 Å². The molecule has 4 aromatic rings. The zero-order valence-corrected chi connectivity index (χ0v) is 18.8. The summed E-state index contributed by atoms with van der Waals surface area (Å²) < 4.78 is 65.3. The van der Waals surface area contributed by atoms with Gasteiger partial charge in [0, 0.05) is 42.4 Å². The van der Waals surface area contributed by atoms with E-state index in [1.807, 2.05) is 12.1 Å². The number of benzene rings is 2. The molecule has 9 heteroatoms. The van der Waals surface area contributed by atoms with Gasteiger partial charge in [-0.1, -0.05) is 24.3 Å². The molecule has 0 radical (unpaired) electrons. The molecular weight excluding hydrogens is 463 g/mol. The molecule has 0 unspecified atom stereocenters. The average Bonchev–Trinajstić information content (AvgIpc) is 2.82. The molecule has 0 spiro atoms. The van der Waals surface area contributed by atoms with E-state index in [9.17, 15) is 21.6 Å². The van der Waals surface area contributed by atoms with Crippen LogP contribution >= 0.6 is 0 Å². The number of aromatic nitrogens is 2. The number of nitrogens with zero attached hydrogens (tertiary/aromatic N) is 3. The summed E-state index contributed by atoms with van der Waals surface area (Å²) in [6.45, 7) is 0. The topological polar surface area (TPSA) is 63.2 Å². The third-order valence-corrected chi connectivity index (χ3v) is 6.34. The molecule has 0 saturated heterocycles. The van der Waals surface area contributed by atoms with Crippen molar-refractivity contribution in [2.24, 2.45) is 0 Å². The van der Waals surface area contributed by atoms with Gasteiger partial charge in [0.05, 0.1) is 16.5 Å². The van der Waals surface area contributed by atoms with E-state index in [0.717, 1.165) is 18.4 Å². The Bertz CT molecular complexity index is 1340. The summed E-state index contributed by atoms with van der Waals surface area (Å²) >= 11 is 0. The van der Waals surface area contributed by atoms with Gasteiger partial charge in [-0.2, -0.15) is 13.2 Å². The van der Waals surface area contributed by atoms with Crippen LogP contribution in [0.5, 0.6) is 0 Å². The second kappa shape index (κ2) is 9.26. The second-order valence-corrected chi connectivity index (χ2v) is 9.68. The Morgan fingerprint density at radius 3 is 1.85 bits per heavy atom. The summed E-state index contributed by atoms with van der Waals surface area (Å²) in [6, 6.07) is 17.5. The summed E-state index contributed by atoms with van der Waals surface area (Å²) in [5, 5.41) is 0. The van der Waals surface area contributed by atoms with Crippen molar-refractivity contribution in [2.75, 3.05) is 11.2 Å². The summed E-state index contributed by atoms with van der Waals surface area (Å²) in [7, 11) is -3.56. The highest BCUT2D eigenvalue weighted by atomic mass is 32.2. The molecule has 0 amide bonds. The van der Waals surface area contributed by atoms with Crippen molar-refractivity contribution in [3.05, 3.63) is 114 Å². The maximum atomic E-state index is 13.6. The van der Waals surface area contributed by atoms with E-state index in [-0.39, 0.29) is 10.6 Å². The van der Waals surface area contributed by atoms with Gasteiger partial charge in [0.15, 0.2) is 9.84 Å². The number of anilines is 2. The minimum atomic E-state index is -4.55. The molecule has 0 bridgehead atoms. The maximum absolute atomic E-state index is 13.6. The predicted octanol–water partition coefficient (Wildman–Crippen LogP) is 5.83. The molecule has 0 aliphatic carbocycles. The molecule has 2 aromatic carbocycles. The average molecular weight is 484 g/mol. The van der Waals surface area contributed by atoms with Crippen LogP contribution in [0.15, 0.2) is 102 Å². The Morgan fingerprint density at radius 1 is 0.794 bits per heavy atom. The van der Waals surface area contributed by atoms with Gasteiger partial charge in [-0.25, -0.2) is 8.42 Å². The van der Waals surface area contributed by atoms with Crippen LogP contribution in [-0.4, -0.2) is 24.6 Å². The summed E-state index contributed by atoms with van der Waals surface area (Å²) in [6.07, 6.45) is 2.98. The smallest absolute Gasteiger partial charge is 0.330 e. The minimum absolute atomic E-state index is 0.0538. The third-order valence-electron chi connectivity index (χ3n) is 5.23. The lowest BCUT2D eigenvalue weighted by Gasteiger charge is -2.35. The molecular formula is C25H20F3N3O2S. The second-order valence-electron chi connectivity index (χ2n) is 7.66. The van der Waals surface area contributed by atoms with Crippen molar-refractivity contribution in [1.29, 1.82) is 0 Å². The van der Waals surface area contributed by atoms with E-state index in [1.54, 1.807) is 60.0 Å². The van der Waals surface area contributed by atoms with Crippen molar-refractivity contribution >= 4 is 21.2 Å². The van der Waals surface area contributed by atoms with Gasteiger partial charge in [-0.05, 0) is 59.7 Å². The number of hydrogen-bond donors (Lipinski definition) is 0. The third kappa shape index (κ3) is 5.09. The normalized spacial score (nSPS) is 12.0. The Balaban J connectivity index is 2.01. The van der Waals surface area contributed by atoms with Crippen molar-refractivity contribution in [3.63, 3.8) is 0 Å². The number of halogens is 3. The molecule has 0 fully saturated rings. The van der Waals surface area contributed by atoms with Crippen LogP contribution in [0.4, 0.5) is 24.5 Å². The van der Waals surface area contributed by atoms with Crippen molar-refractivity contribution < 1.29 is 21.6 Å². The summed E-state index contributed by atoms with van der Waals surface area (Å²) in [5.41, 5.74) is 1.21. The Labute approximate surface area is 195 Å². The van der Waals surface area contributed by atoms with Crippen molar-refractivity contribution in [1.82, 2.24) is 9.97 Å². The fraction of sp³-hybridized carbons (Fsp3) is 0.120. The van der Waals surface area contributed by atoms with Gasteiger partial charge in [0.1, 0.15) is 0 Å². The maximum Gasteiger partial charge on any atom is 0.416 e. The molecule has 34 heavy (non-hydrogen) atoms. The monoisotopic (exact) mass is 483 g/mol. The fourth-order valence-corrected chi connectivity index (χ4v) is 4.37. The van der Waals surface area contributed by atoms with Gasteiger partial charge in [-0.3, -0.25) is 9.97 Å². The minimum Gasteiger partial charge on any atom is -0.330 e. The molecule has 174 valence electrons. The van der Waals surface area contributed by atoms with Gasteiger partial charge in [0.2, 0.25) is 0 Å². The van der Waals surface area contributed by atoms with Crippen LogP contribution in [0.2, 0.25) is 0 Å². The van der Waals surface area contributed by atoms with Gasteiger partial charge in [0.25, 0.3) is 0 Å². The van der Waals surface area contributed by atoms with E-state index in [0.29, 0.717) is 16.8 Å². The van der Waals surface area contributed by atoms with E-state index in [4.69, 9.17) is 0 Å². The molecule has 0 aliphatic rings. The van der Waals surface area contributed by atoms with Crippen LogP contribution in [0, 0.1) is 0 Å². The molecule has 4 rings (SSSR count). The first-order chi connectivity index (χ1) is 16.1. The molecule has 0 atom stereocenters. The Kier molecular flexibility index (Phi) is 6.39. The molecule has 0 saturated carbocycles. The number of alkyl halides is 3. The number of pyridine rings is 2. The molecule has 0 N–H and O–H groups in total. The number of rotatable bonds is 6. The Hall–Kier alpha value is -3.72.